The number of hydrogen-bond acceptors (Lipinski definition) is 0. The van der Waals surface area contributed by atoms with Crippen molar-refractivity contribution >= 4 is 0 Å². The van der Waals surface area contributed by atoms with Gasteiger partial charge in [0.2, 0.25) is 0 Å². The molecule has 0 fully saturated rings. The van der Waals surface area contributed by atoms with E-state index >= 15 is 0 Å². The highest BCUT2D eigenvalue weighted by molar-refractivity contribution is 5.59. The fraction of sp³-hybridized carbons (Fsp3) is 0.00758. The van der Waals surface area contributed by atoms with Crippen LogP contribution in [0.3, 0.4) is 0 Å². The van der Waals surface area contributed by atoms with Gasteiger partial charge in [-0.05, 0) is 102 Å². The first kappa shape index (κ1) is 103. The molecular weight excluding hydrogens is 1590 g/mol. The first-order valence-electron chi connectivity index (χ1n) is 33.1. The summed E-state index contributed by atoms with van der Waals surface area (Å²) in [6, 6.07) is 0. The van der Waals surface area contributed by atoms with E-state index in [1.54, 1.807) is 6.92 Å². The molecule has 0 unspecified atom stereocenters. The topological polar surface area (TPSA) is 0 Å². The Hall–Kier alpha value is -28.7. The molecule has 0 atom stereocenters. The van der Waals surface area contributed by atoms with Gasteiger partial charge in [-0.15, -0.1) is 5.92 Å². The van der Waals surface area contributed by atoms with Crippen LogP contribution >= 0.6 is 0 Å². The van der Waals surface area contributed by atoms with Crippen molar-refractivity contribution < 1.29 is 0 Å². The lowest BCUT2D eigenvalue weighted by atomic mass is 10.4. The summed E-state index contributed by atoms with van der Waals surface area (Å²) < 4.78 is 0. The van der Waals surface area contributed by atoms with E-state index in [9.17, 15) is 0 Å². The predicted octanol–water partition coefficient (Wildman–Crippen LogP) is 1.06. The lowest BCUT2D eigenvalue weighted by Gasteiger charge is -1.64. The average molecular weight is 1590 g/mol. The fourth-order valence-electron chi connectivity index (χ4n) is 4.04. The van der Waals surface area contributed by atoms with Crippen LogP contribution in [0.15, 0.2) is 0 Å². The zero-order chi connectivity index (χ0) is 93.9. The Morgan fingerprint density at radius 2 is 0.0985 bits per heavy atom. The van der Waals surface area contributed by atoms with Crippen molar-refractivity contribution in [2.45, 2.75) is 6.92 Å². The molecule has 0 aromatic rings. The maximum Gasteiger partial charge on any atom is 0 e. The lowest BCUT2D eigenvalue weighted by Crippen LogP contribution is -1.57. The molecule has 534 valence electrons. The van der Waals surface area contributed by atoms with Gasteiger partial charge in [0.15, 0.2) is 0 Å². The van der Waals surface area contributed by atoms with Crippen LogP contribution in [-0.4, -0.2) is 0 Å². The Bertz CT molecular complexity index is 8700. The molecule has 0 aliphatic rings. The molecule has 0 saturated heterocycles. The van der Waals surface area contributed by atoms with Crippen molar-refractivity contribution in [2.75, 3.05) is 0 Å². The van der Waals surface area contributed by atoms with Crippen LogP contribution < -0.4 is 0 Å². The second-order valence-corrected chi connectivity index (χ2v) is 16.4. The summed E-state index contributed by atoms with van der Waals surface area (Å²) in [5.74, 6) is 325. The maximum atomic E-state index is 3.32. The van der Waals surface area contributed by atoms with Crippen molar-refractivity contribution in [3.63, 3.8) is 0 Å². The van der Waals surface area contributed by atoms with E-state index in [1.165, 1.54) is 0 Å². The molecule has 132 heavy (non-hydrogen) atoms. The summed E-state index contributed by atoms with van der Waals surface area (Å²) in [7, 11) is 0. The van der Waals surface area contributed by atoms with E-state index in [-0.39, 0.29) is 0 Å². The van der Waals surface area contributed by atoms with Crippen LogP contribution in [0.5, 0.6) is 0 Å². The summed E-state index contributed by atoms with van der Waals surface area (Å²) >= 11 is 0. The number of hydrogen-bond donors (Lipinski definition) is 0. The van der Waals surface area contributed by atoms with Gasteiger partial charge in [-0.1, -0.05) is 5.92 Å². The SMILES string of the molecule is [CH2-]C#CC#CC#CC#CC#CC#CC#CC#CC#CC#CC#CC#CC#CC#CC#CC#CC#CC#CC#CC#CC#CC#CC#CC#CC#CC#CC#CC#CC#CC#CC#CC#CC#CC#CC#CC#CC#CC#CC#CC#CC#CC#CC#CC#CC#CC#CC#CC#CC#CC#CC#CC#CC#CC#CC#CC#CC#CC#CC#CC#CC#CC#CC#CC#CC#CC. The van der Waals surface area contributed by atoms with Crippen LogP contribution in [0, 0.1) is 777 Å². The molecule has 0 heterocycles. The third-order valence-corrected chi connectivity index (χ3v) is 8.15. The molecule has 0 aliphatic heterocycles. The van der Waals surface area contributed by atoms with Crippen LogP contribution in [0.1, 0.15) is 6.92 Å². The maximum absolute atomic E-state index is 3.32. The summed E-state index contributed by atoms with van der Waals surface area (Å²) in [6.45, 7) is 5.00. The molecule has 0 bridgehead atoms. The minimum Gasteiger partial charge on any atom is -0.284 e. The summed E-state index contributed by atoms with van der Waals surface area (Å²) in [5, 5.41) is 0. The van der Waals surface area contributed by atoms with Gasteiger partial charge in [0.1, 0.15) is 0 Å². The lowest BCUT2D eigenvalue weighted by molar-refractivity contribution is 1.92. The Morgan fingerprint density at radius 3 is 0.136 bits per heavy atom. The molecule has 0 amide bonds. The van der Waals surface area contributed by atoms with Crippen molar-refractivity contribution in [1.29, 1.82) is 0 Å². The van der Waals surface area contributed by atoms with Gasteiger partial charge in [-0.3, -0.25) is 5.92 Å². The van der Waals surface area contributed by atoms with Crippen LogP contribution in [-0.2, 0) is 0 Å². The van der Waals surface area contributed by atoms with E-state index in [0.717, 1.165) is 0 Å². The van der Waals surface area contributed by atoms with Gasteiger partial charge in [0.25, 0.3) is 0 Å². The minimum absolute atomic E-state index is 1.68. The Morgan fingerprint density at radius 1 is 0.0606 bits per heavy atom. The Labute approximate surface area is 777 Å². The van der Waals surface area contributed by atoms with E-state index in [4.69, 9.17) is 0 Å². The van der Waals surface area contributed by atoms with Gasteiger partial charge < -0.3 is 0 Å². The molecule has 0 aromatic heterocycles. The average Bonchev–Trinajstić information content (AvgIpc) is 1.11. The molecule has 0 N–H and O–H groups in total. The van der Waals surface area contributed by atoms with Crippen molar-refractivity contribution in [2.24, 2.45) is 0 Å². The monoisotopic (exact) mass is 1590 g/mol. The van der Waals surface area contributed by atoms with Gasteiger partial charge in [0.05, 0.1) is 0 Å². The largest absolute Gasteiger partial charge is 0.284 e. The zero-order valence-corrected chi connectivity index (χ0v) is 66.7. The summed E-state index contributed by atoms with van der Waals surface area (Å²) in [5.41, 5.74) is 0. The smallest absolute Gasteiger partial charge is 0 e. The molecule has 0 nitrogen and oxygen atoms in total. The second kappa shape index (κ2) is 102. The highest BCUT2D eigenvalue weighted by Crippen LogP contribution is 1.70. The van der Waals surface area contributed by atoms with E-state index in [2.05, 4.69) is 777 Å². The minimum atomic E-state index is 1.68. The van der Waals surface area contributed by atoms with Crippen LogP contribution in [0.4, 0.5) is 0 Å². The molecule has 0 aromatic carbocycles. The molecule has 0 rings (SSSR count). The molecule has 0 radical (unpaired) electrons. The Kier molecular flexibility index (Phi) is 80.0. The first-order chi connectivity index (χ1) is 65.9. The van der Waals surface area contributed by atoms with E-state index in [0.29, 0.717) is 0 Å². The highest BCUT2D eigenvalue weighted by Gasteiger charge is 1.70. The van der Waals surface area contributed by atoms with Gasteiger partial charge in [0, 0.05) is 651 Å². The highest BCUT2D eigenvalue weighted by atomic mass is 13.7. The summed E-state index contributed by atoms with van der Waals surface area (Å²) in [4.78, 5) is 0. The molecular formula is C132H5-. The quantitative estimate of drug-likeness (QED) is 0.252. The van der Waals surface area contributed by atoms with Crippen LogP contribution in [0.25, 0.3) is 0 Å². The van der Waals surface area contributed by atoms with Crippen molar-refractivity contribution in [3.05, 3.63) is 6.92 Å². The normalized spacial score (nSPS) is 3.98. The molecule has 0 heteroatoms. The third-order valence-electron chi connectivity index (χ3n) is 8.15. The zero-order valence-electron chi connectivity index (χ0n) is 66.7. The number of rotatable bonds is 0. The first-order valence-corrected chi connectivity index (χ1v) is 33.1. The van der Waals surface area contributed by atoms with Crippen LogP contribution in [0.2, 0.25) is 0 Å². The van der Waals surface area contributed by atoms with Gasteiger partial charge >= 0.3 is 0 Å². The van der Waals surface area contributed by atoms with Crippen molar-refractivity contribution in [3.8, 4) is 770 Å². The predicted molar refractivity (Wildman–Crippen MR) is 516 cm³/mol. The van der Waals surface area contributed by atoms with E-state index in [1.807, 2.05) is 0 Å². The standard InChI is InChI=1S/C132H5/c1-3-5-7-9-11-13-15-17-19-21-23-25-27-29-31-33-35-37-39-41-43-45-47-49-51-53-55-57-59-61-63-65-67-69-71-73-75-77-79-81-83-85-87-89-91-93-95-97-99-101-103-105-107-109-111-113-115-117-119-121-123-125-127-129-131-132-130-128-126-124-122-120-118-116-114-112-110-108-106-104-102-100-98-96-94-92-90-88-86-84-82-80-78-76-74-72-70-68-66-64-62-60-58-56-54-52-50-48-46-44-42-40-38-36-34-32-30-28-26-24-22-20-18-16-14-12-10-8-6-4-2/h1H2,2H3/q-1. The summed E-state index contributed by atoms with van der Waals surface area (Å²) in [6.07, 6.45) is 0. The van der Waals surface area contributed by atoms with Gasteiger partial charge in [-0.25, -0.2) is 5.92 Å². The van der Waals surface area contributed by atoms with E-state index < -0.39 is 0 Å². The molecule has 0 spiro atoms. The third kappa shape index (κ3) is 101. The van der Waals surface area contributed by atoms with Crippen molar-refractivity contribution in [1.82, 2.24) is 0 Å². The van der Waals surface area contributed by atoms with Gasteiger partial charge in [-0.2, -0.15) is 6.92 Å². The molecule has 0 aliphatic carbocycles. The Balaban J connectivity index is 4.65. The molecule has 0 saturated carbocycles. The fourth-order valence-corrected chi connectivity index (χ4v) is 4.04. The second-order valence-electron chi connectivity index (χ2n) is 16.4.